The third-order valence-corrected chi connectivity index (χ3v) is 2.60. The Hall–Kier alpha value is -2.21. The van der Waals surface area contributed by atoms with Gasteiger partial charge in [0.25, 0.3) is 5.91 Å². The van der Waals surface area contributed by atoms with Gasteiger partial charge in [-0.05, 0) is 18.1 Å². The van der Waals surface area contributed by atoms with Crippen LogP contribution in [0.1, 0.15) is 29.4 Å². The monoisotopic (exact) mass is 260 g/mol. The first-order chi connectivity index (χ1) is 9.22. The molecule has 19 heavy (non-hydrogen) atoms. The molecule has 3 N–H and O–H groups in total. The molecule has 0 aliphatic heterocycles. The Morgan fingerprint density at radius 2 is 2.26 bits per heavy atom. The normalized spacial score (nSPS) is 10.6. The molecule has 0 unspecified atom stereocenters. The SMILES string of the molecule is CCCOCc1cccc(-c2n[nH]nc2C(N)=O)c1. The van der Waals surface area contributed by atoms with Gasteiger partial charge < -0.3 is 10.5 Å². The fourth-order valence-corrected chi connectivity index (χ4v) is 1.75. The molecular weight excluding hydrogens is 244 g/mol. The van der Waals surface area contributed by atoms with Crippen molar-refractivity contribution < 1.29 is 9.53 Å². The number of aromatic nitrogens is 3. The summed E-state index contributed by atoms with van der Waals surface area (Å²) in [4.78, 5) is 11.2. The Bertz CT molecular complexity index is 565. The molecule has 2 aromatic rings. The van der Waals surface area contributed by atoms with Crippen molar-refractivity contribution >= 4 is 5.91 Å². The van der Waals surface area contributed by atoms with Crippen LogP contribution in [0.15, 0.2) is 24.3 Å². The van der Waals surface area contributed by atoms with E-state index in [2.05, 4.69) is 22.3 Å². The molecule has 0 bridgehead atoms. The van der Waals surface area contributed by atoms with Gasteiger partial charge in [0.2, 0.25) is 0 Å². The first-order valence-electron chi connectivity index (χ1n) is 6.10. The second-order valence-corrected chi connectivity index (χ2v) is 4.14. The minimum Gasteiger partial charge on any atom is -0.377 e. The number of carbonyl (C=O) groups is 1. The van der Waals surface area contributed by atoms with Crippen molar-refractivity contribution in [3.63, 3.8) is 0 Å². The van der Waals surface area contributed by atoms with E-state index in [-0.39, 0.29) is 5.69 Å². The maximum Gasteiger partial charge on any atom is 0.271 e. The molecule has 6 nitrogen and oxygen atoms in total. The van der Waals surface area contributed by atoms with Crippen LogP contribution in [0.4, 0.5) is 0 Å². The molecule has 0 spiro atoms. The predicted molar refractivity (Wildman–Crippen MR) is 70.3 cm³/mol. The van der Waals surface area contributed by atoms with Gasteiger partial charge in [0.15, 0.2) is 5.69 Å². The number of ether oxygens (including phenoxy) is 1. The van der Waals surface area contributed by atoms with Gasteiger partial charge in [0.1, 0.15) is 5.69 Å². The molecule has 1 aromatic carbocycles. The number of nitrogens with zero attached hydrogens (tertiary/aromatic N) is 2. The van der Waals surface area contributed by atoms with Crippen LogP contribution in [0.5, 0.6) is 0 Å². The molecule has 0 radical (unpaired) electrons. The maximum absolute atomic E-state index is 11.2. The standard InChI is InChI=1S/C13H16N4O2/c1-2-6-19-8-9-4-3-5-10(7-9)11-12(13(14)18)16-17-15-11/h3-5,7H,2,6,8H2,1H3,(H2,14,18)(H,15,16,17). The number of rotatable bonds is 6. The van der Waals surface area contributed by atoms with Crippen LogP contribution in [-0.4, -0.2) is 27.9 Å². The first-order valence-corrected chi connectivity index (χ1v) is 6.10. The minimum absolute atomic E-state index is 0.145. The van der Waals surface area contributed by atoms with Crippen LogP contribution >= 0.6 is 0 Å². The highest BCUT2D eigenvalue weighted by Gasteiger charge is 2.15. The van der Waals surface area contributed by atoms with Gasteiger partial charge in [-0.25, -0.2) is 0 Å². The summed E-state index contributed by atoms with van der Waals surface area (Å²) < 4.78 is 5.48. The third kappa shape index (κ3) is 3.17. The van der Waals surface area contributed by atoms with Crippen LogP contribution in [0.25, 0.3) is 11.3 Å². The zero-order chi connectivity index (χ0) is 13.7. The van der Waals surface area contributed by atoms with Crippen molar-refractivity contribution in [3.05, 3.63) is 35.5 Å². The molecule has 0 aliphatic carbocycles. The van der Waals surface area contributed by atoms with E-state index in [1.807, 2.05) is 24.3 Å². The van der Waals surface area contributed by atoms with Crippen molar-refractivity contribution in [2.45, 2.75) is 20.0 Å². The van der Waals surface area contributed by atoms with Gasteiger partial charge in [0.05, 0.1) is 6.61 Å². The van der Waals surface area contributed by atoms with Gasteiger partial charge in [-0.3, -0.25) is 4.79 Å². The molecule has 1 aromatic heterocycles. The number of hydrogen-bond acceptors (Lipinski definition) is 4. The molecule has 1 heterocycles. The number of nitrogens with one attached hydrogen (secondary N) is 1. The van der Waals surface area contributed by atoms with Gasteiger partial charge in [-0.15, -0.1) is 0 Å². The summed E-state index contributed by atoms with van der Waals surface area (Å²) in [5, 5.41) is 10.1. The van der Waals surface area contributed by atoms with Gasteiger partial charge in [-0.1, -0.05) is 25.1 Å². The van der Waals surface area contributed by atoms with E-state index in [0.717, 1.165) is 24.2 Å². The number of H-pyrrole nitrogens is 1. The molecule has 0 aliphatic rings. The van der Waals surface area contributed by atoms with Crippen LogP contribution < -0.4 is 5.73 Å². The third-order valence-electron chi connectivity index (χ3n) is 2.60. The van der Waals surface area contributed by atoms with Gasteiger partial charge in [-0.2, -0.15) is 15.4 Å². The van der Waals surface area contributed by atoms with E-state index < -0.39 is 5.91 Å². The van der Waals surface area contributed by atoms with E-state index in [1.165, 1.54) is 0 Å². The van der Waals surface area contributed by atoms with Gasteiger partial charge in [0, 0.05) is 12.2 Å². The summed E-state index contributed by atoms with van der Waals surface area (Å²) in [6, 6.07) is 7.62. The number of hydrogen-bond donors (Lipinski definition) is 2. The Kier molecular flexibility index (Phi) is 4.25. The van der Waals surface area contributed by atoms with E-state index in [9.17, 15) is 4.79 Å². The lowest BCUT2D eigenvalue weighted by Crippen LogP contribution is -2.12. The molecule has 100 valence electrons. The lowest BCUT2D eigenvalue weighted by Gasteiger charge is -2.05. The topological polar surface area (TPSA) is 93.9 Å². The highest BCUT2D eigenvalue weighted by molar-refractivity contribution is 5.96. The lowest BCUT2D eigenvalue weighted by molar-refractivity contribution is 0.0996. The average molecular weight is 260 g/mol. The number of amides is 1. The summed E-state index contributed by atoms with van der Waals surface area (Å²) in [7, 11) is 0. The van der Waals surface area contributed by atoms with Crippen molar-refractivity contribution in [2.24, 2.45) is 5.73 Å². The fourth-order valence-electron chi connectivity index (χ4n) is 1.75. The molecule has 0 fully saturated rings. The number of benzene rings is 1. The van der Waals surface area contributed by atoms with Crippen LogP contribution in [-0.2, 0) is 11.3 Å². The van der Waals surface area contributed by atoms with E-state index in [4.69, 9.17) is 10.5 Å². The maximum atomic E-state index is 11.2. The smallest absolute Gasteiger partial charge is 0.271 e. The predicted octanol–water partition coefficient (Wildman–Crippen LogP) is 1.50. The second-order valence-electron chi connectivity index (χ2n) is 4.14. The number of carbonyl (C=O) groups excluding carboxylic acids is 1. The average Bonchev–Trinajstić information content (AvgIpc) is 2.89. The summed E-state index contributed by atoms with van der Waals surface area (Å²) in [5.74, 6) is -0.601. The van der Waals surface area contributed by atoms with E-state index >= 15 is 0 Å². The molecule has 6 heteroatoms. The van der Waals surface area contributed by atoms with E-state index in [0.29, 0.717) is 12.3 Å². The quantitative estimate of drug-likeness (QED) is 0.769. The lowest BCUT2D eigenvalue weighted by atomic mass is 10.1. The van der Waals surface area contributed by atoms with Crippen molar-refractivity contribution in [3.8, 4) is 11.3 Å². The molecule has 0 saturated carbocycles. The number of primary amides is 1. The highest BCUT2D eigenvalue weighted by atomic mass is 16.5. The summed E-state index contributed by atoms with van der Waals surface area (Å²) in [6.45, 7) is 3.32. The molecule has 1 amide bonds. The first kappa shape index (κ1) is 13.2. The Morgan fingerprint density at radius 1 is 1.42 bits per heavy atom. The molecule has 0 saturated heterocycles. The van der Waals surface area contributed by atoms with Gasteiger partial charge >= 0.3 is 0 Å². The highest BCUT2D eigenvalue weighted by Crippen LogP contribution is 2.20. The van der Waals surface area contributed by atoms with E-state index in [1.54, 1.807) is 0 Å². The van der Waals surface area contributed by atoms with Crippen molar-refractivity contribution in [2.75, 3.05) is 6.61 Å². The summed E-state index contributed by atoms with van der Waals surface area (Å²) >= 11 is 0. The van der Waals surface area contributed by atoms with Crippen molar-refractivity contribution in [1.29, 1.82) is 0 Å². The largest absolute Gasteiger partial charge is 0.377 e. The summed E-state index contributed by atoms with van der Waals surface area (Å²) in [5.41, 5.74) is 7.66. The molecule has 2 rings (SSSR count). The molecular formula is C13H16N4O2. The number of aromatic amines is 1. The van der Waals surface area contributed by atoms with Crippen molar-refractivity contribution in [1.82, 2.24) is 15.4 Å². The zero-order valence-electron chi connectivity index (χ0n) is 10.7. The van der Waals surface area contributed by atoms with Crippen LogP contribution in [0.3, 0.4) is 0 Å². The number of nitrogens with two attached hydrogens (primary N) is 1. The Balaban J connectivity index is 2.22. The van der Waals surface area contributed by atoms with Crippen LogP contribution in [0.2, 0.25) is 0 Å². The second kappa shape index (κ2) is 6.10. The fraction of sp³-hybridized carbons (Fsp3) is 0.308. The minimum atomic E-state index is -0.601. The molecule has 0 atom stereocenters. The summed E-state index contributed by atoms with van der Waals surface area (Å²) in [6.07, 6.45) is 0.981. The van der Waals surface area contributed by atoms with Crippen LogP contribution in [0, 0.1) is 0 Å². The Labute approximate surface area is 111 Å². The zero-order valence-corrected chi connectivity index (χ0v) is 10.7. The Morgan fingerprint density at radius 3 is 3.00 bits per heavy atom.